The molecule has 274 valence electrons. The molecule has 2 fully saturated rings. The van der Waals surface area contributed by atoms with Crippen LogP contribution < -0.4 is 10.6 Å². The third-order valence-electron chi connectivity index (χ3n) is 10.7. The Morgan fingerprint density at radius 3 is 2.31 bits per heavy atom. The molecule has 52 heavy (non-hydrogen) atoms. The van der Waals surface area contributed by atoms with Gasteiger partial charge in [0.1, 0.15) is 12.2 Å². The monoisotopic (exact) mass is 711 g/mol. The number of fused-ring (bicyclic) bond motifs is 2. The first-order valence-electron chi connectivity index (χ1n) is 17.9. The van der Waals surface area contributed by atoms with Gasteiger partial charge in [0.25, 0.3) is 17.7 Å². The molecule has 2 aromatic carbocycles. The molecule has 4 aromatic rings. The van der Waals surface area contributed by atoms with Crippen molar-refractivity contribution in [3.63, 3.8) is 0 Å². The lowest BCUT2D eigenvalue weighted by Crippen LogP contribution is -2.63. The van der Waals surface area contributed by atoms with Crippen molar-refractivity contribution in [1.82, 2.24) is 39.3 Å². The van der Waals surface area contributed by atoms with E-state index >= 15 is 0 Å². The fraction of sp³-hybridized carbons (Fsp3) is 0.447. The molecule has 2 aromatic heterocycles. The van der Waals surface area contributed by atoms with E-state index < -0.39 is 0 Å². The van der Waals surface area contributed by atoms with Crippen molar-refractivity contribution < 1.29 is 23.5 Å². The molecule has 7 rings (SSSR count). The standard InChI is InChI=1S/C38H46FN9O4/c1-26-32(21-42-48(26)31-12-15-45(16-13-31)17-14-39)35(49)43-30-10-6-27(7-11-30)20-41-36(50)34-40-22-33-38(24-52-25-38)46(18-19-47(33)34)23-28-4-8-29(9-5-28)37(51)44(2)3/h4-11,21-22,31H,12-20,23-25H2,1-3H3,(H,41,50)(H,43,49). The number of likely N-dealkylation sites (tertiary alicyclic amines) is 1. The predicted octanol–water partition coefficient (Wildman–Crippen LogP) is 3.62. The highest BCUT2D eigenvalue weighted by molar-refractivity contribution is 6.04. The number of carbonyl (C=O) groups excluding carboxylic acids is 3. The molecule has 3 aliphatic rings. The highest BCUT2D eigenvalue weighted by Gasteiger charge is 2.50. The molecule has 3 aliphatic heterocycles. The Balaban J connectivity index is 0.935. The Bertz CT molecular complexity index is 1910. The van der Waals surface area contributed by atoms with Gasteiger partial charge in [0, 0.05) is 76.9 Å². The molecule has 0 aliphatic carbocycles. The molecular weight excluding hydrogens is 665 g/mol. The lowest BCUT2D eigenvalue weighted by atomic mass is 9.88. The second-order valence-corrected chi connectivity index (χ2v) is 14.1. The fourth-order valence-electron chi connectivity index (χ4n) is 7.53. The van der Waals surface area contributed by atoms with E-state index in [1.165, 1.54) is 0 Å². The Kier molecular flexibility index (Phi) is 10.2. The van der Waals surface area contributed by atoms with Crippen molar-refractivity contribution in [3.05, 3.63) is 100 Å². The SMILES string of the molecule is Cc1c(C(=O)Nc2ccc(CNC(=O)c3ncc4n3CCN(Cc3ccc(C(=O)N(C)C)cc3)C43COC3)cc2)cnn1C1CCN(CCF)CC1. The van der Waals surface area contributed by atoms with Crippen LogP contribution in [0.2, 0.25) is 0 Å². The number of rotatable bonds is 11. The fourth-order valence-corrected chi connectivity index (χ4v) is 7.53. The van der Waals surface area contributed by atoms with E-state index in [0.29, 0.717) is 62.0 Å². The third kappa shape index (κ3) is 6.97. The number of benzene rings is 2. The van der Waals surface area contributed by atoms with Gasteiger partial charge >= 0.3 is 0 Å². The van der Waals surface area contributed by atoms with Crippen molar-refractivity contribution in [2.24, 2.45) is 0 Å². The van der Waals surface area contributed by atoms with Crippen molar-refractivity contribution >= 4 is 23.4 Å². The van der Waals surface area contributed by atoms with Crippen molar-refractivity contribution in [2.45, 2.75) is 51.0 Å². The summed E-state index contributed by atoms with van der Waals surface area (Å²) in [6, 6.07) is 15.3. The number of halogens is 1. The molecular formula is C38H46FN9O4. The van der Waals surface area contributed by atoms with Crippen LogP contribution in [0.25, 0.3) is 0 Å². The van der Waals surface area contributed by atoms with Gasteiger partial charge in [-0.2, -0.15) is 5.10 Å². The molecule has 0 saturated carbocycles. The summed E-state index contributed by atoms with van der Waals surface area (Å²) in [7, 11) is 3.49. The van der Waals surface area contributed by atoms with Crippen molar-refractivity contribution in [3.8, 4) is 0 Å². The number of anilines is 1. The van der Waals surface area contributed by atoms with Gasteiger partial charge in [-0.05, 0) is 55.2 Å². The maximum absolute atomic E-state index is 13.4. The van der Waals surface area contributed by atoms with Crippen molar-refractivity contribution in [1.29, 1.82) is 0 Å². The molecule has 0 atom stereocenters. The molecule has 1 spiro atoms. The number of carbonyl (C=O) groups is 3. The summed E-state index contributed by atoms with van der Waals surface area (Å²) in [5, 5.41) is 10.5. The number of nitrogens with one attached hydrogen (secondary N) is 2. The number of piperidine rings is 1. The quantitative estimate of drug-likeness (QED) is 0.242. The van der Waals surface area contributed by atoms with Crippen LogP contribution in [0.3, 0.4) is 0 Å². The maximum Gasteiger partial charge on any atom is 0.287 e. The average molecular weight is 712 g/mol. The number of alkyl halides is 1. The first-order valence-corrected chi connectivity index (χ1v) is 17.9. The summed E-state index contributed by atoms with van der Waals surface area (Å²) in [5.41, 5.74) is 5.22. The van der Waals surface area contributed by atoms with Crippen LogP contribution in [0.4, 0.5) is 10.1 Å². The maximum atomic E-state index is 13.4. The van der Waals surface area contributed by atoms with Gasteiger partial charge in [0.15, 0.2) is 5.82 Å². The lowest BCUT2D eigenvalue weighted by molar-refractivity contribution is -0.162. The van der Waals surface area contributed by atoms with Crippen LogP contribution >= 0.6 is 0 Å². The second-order valence-electron chi connectivity index (χ2n) is 14.1. The molecule has 0 unspecified atom stereocenters. The summed E-state index contributed by atoms with van der Waals surface area (Å²) < 4.78 is 22.4. The van der Waals surface area contributed by atoms with E-state index in [9.17, 15) is 18.8 Å². The zero-order chi connectivity index (χ0) is 36.4. The molecule has 3 amide bonds. The second kappa shape index (κ2) is 15.0. The number of nitrogens with zero attached hydrogens (tertiary/aromatic N) is 7. The molecule has 14 heteroatoms. The highest BCUT2D eigenvalue weighted by atomic mass is 19.1. The highest BCUT2D eigenvalue weighted by Crippen LogP contribution is 2.40. The first-order chi connectivity index (χ1) is 25.2. The zero-order valence-electron chi connectivity index (χ0n) is 30.0. The van der Waals surface area contributed by atoms with Gasteiger partial charge in [0.05, 0.1) is 42.9 Å². The molecule has 2 N–H and O–H groups in total. The molecule has 13 nitrogen and oxygen atoms in total. The molecule has 2 saturated heterocycles. The smallest absolute Gasteiger partial charge is 0.287 e. The number of ether oxygens (including phenoxy) is 1. The Morgan fingerprint density at radius 2 is 1.65 bits per heavy atom. The van der Waals surface area contributed by atoms with Gasteiger partial charge in [0.2, 0.25) is 0 Å². The number of hydrogen-bond donors (Lipinski definition) is 2. The number of hydrogen-bond acceptors (Lipinski definition) is 8. The van der Waals surface area contributed by atoms with Crippen LogP contribution in [-0.2, 0) is 29.9 Å². The van der Waals surface area contributed by atoms with Crippen LogP contribution in [-0.4, -0.2) is 112 Å². The minimum absolute atomic E-state index is 0.0276. The zero-order valence-corrected chi connectivity index (χ0v) is 30.0. The summed E-state index contributed by atoms with van der Waals surface area (Å²) >= 11 is 0. The van der Waals surface area contributed by atoms with Crippen LogP contribution in [0.1, 0.15) is 72.7 Å². The molecule has 0 bridgehead atoms. The Morgan fingerprint density at radius 1 is 0.942 bits per heavy atom. The predicted molar refractivity (Wildman–Crippen MR) is 193 cm³/mol. The van der Waals surface area contributed by atoms with Gasteiger partial charge in [-0.15, -0.1) is 0 Å². The first kappa shape index (κ1) is 35.5. The Labute approximate surface area is 302 Å². The molecule has 5 heterocycles. The summed E-state index contributed by atoms with van der Waals surface area (Å²) in [5.74, 6) is -0.140. The van der Waals surface area contributed by atoms with Crippen molar-refractivity contribution in [2.75, 3.05) is 65.5 Å². The third-order valence-corrected chi connectivity index (χ3v) is 10.7. The van der Waals surface area contributed by atoms with E-state index in [1.54, 1.807) is 31.4 Å². The van der Waals surface area contributed by atoms with Gasteiger partial charge in [-0.25, -0.2) is 9.37 Å². The van der Waals surface area contributed by atoms with E-state index in [-0.39, 0.29) is 36.0 Å². The Hall–Kier alpha value is -4.92. The van der Waals surface area contributed by atoms with E-state index in [4.69, 9.17) is 4.74 Å². The number of aromatic nitrogens is 4. The summed E-state index contributed by atoms with van der Waals surface area (Å²) in [4.78, 5) is 49.5. The largest absolute Gasteiger partial charge is 0.377 e. The number of imidazole rings is 1. The molecule has 0 radical (unpaired) electrons. The minimum Gasteiger partial charge on any atom is -0.377 e. The van der Waals surface area contributed by atoms with Gasteiger partial charge in [-0.3, -0.25) is 24.0 Å². The van der Waals surface area contributed by atoms with Crippen LogP contribution in [0.5, 0.6) is 0 Å². The van der Waals surface area contributed by atoms with Crippen LogP contribution in [0, 0.1) is 6.92 Å². The lowest BCUT2D eigenvalue weighted by Gasteiger charge is -2.52. The van der Waals surface area contributed by atoms with Gasteiger partial charge in [-0.1, -0.05) is 24.3 Å². The van der Waals surface area contributed by atoms with E-state index in [2.05, 4.69) is 30.5 Å². The van der Waals surface area contributed by atoms with E-state index in [1.807, 2.05) is 64.7 Å². The minimum atomic E-state index is -0.367. The van der Waals surface area contributed by atoms with Crippen LogP contribution in [0.15, 0.2) is 60.9 Å². The normalized spacial score (nSPS) is 17.4. The summed E-state index contributed by atoms with van der Waals surface area (Å²) in [6.07, 6.45) is 5.15. The van der Waals surface area contributed by atoms with Gasteiger partial charge < -0.3 is 29.7 Å². The topological polar surface area (TPSA) is 130 Å². The average Bonchev–Trinajstić information content (AvgIpc) is 3.75. The number of amides is 3. The summed E-state index contributed by atoms with van der Waals surface area (Å²) in [6.45, 7) is 7.04. The van der Waals surface area contributed by atoms with E-state index in [0.717, 1.165) is 55.0 Å².